The van der Waals surface area contributed by atoms with E-state index in [0.29, 0.717) is 16.0 Å². The van der Waals surface area contributed by atoms with Gasteiger partial charge in [-0.2, -0.15) is 13.2 Å². The summed E-state index contributed by atoms with van der Waals surface area (Å²) in [6.07, 6.45) is -2.22. The average molecular weight is 348 g/mol. The van der Waals surface area contributed by atoms with E-state index in [1.54, 1.807) is 0 Å². The number of nitrogens with one attached hydrogen (secondary N) is 1. The van der Waals surface area contributed by atoms with Crippen LogP contribution in [0.2, 0.25) is 5.02 Å². The summed E-state index contributed by atoms with van der Waals surface area (Å²) < 4.78 is 38.6. The molecule has 1 fully saturated rings. The number of carbonyl (C=O) groups is 1. The summed E-state index contributed by atoms with van der Waals surface area (Å²) in [5.41, 5.74) is -0.740. The van der Waals surface area contributed by atoms with Gasteiger partial charge in [0.25, 0.3) is 5.91 Å². The number of carbonyl (C=O) groups excluding carboxylic acids is 1. The van der Waals surface area contributed by atoms with Crippen LogP contribution in [0.4, 0.5) is 13.2 Å². The van der Waals surface area contributed by atoms with Gasteiger partial charge in [0.1, 0.15) is 4.88 Å². The standard InChI is InChI=1S/C15H13ClF3NOS/c1-7(8-2-3-8)20-14(21)13-12(16)10-5-4-9(15(17,18)19)6-11(10)22-13/h4-8H,2-3H2,1H3,(H,20,21)/t7-/m0/s1. The van der Waals surface area contributed by atoms with Crippen LogP contribution in [0.25, 0.3) is 10.1 Å². The molecule has 2 aromatic rings. The highest BCUT2D eigenvalue weighted by atomic mass is 35.5. The molecule has 0 bridgehead atoms. The monoisotopic (exact) mass is 347 g/mol. The van der Waals surface area contributed by atoms with Gasteiger partial charge in [0.2, 0.25) is 0 Å². The number of alkyl halides is 3. The molecule has 0 unspecified atom stereocenters. The lowest BCUT2D eigenvalue weighted by atomic mass is 10.1. The maximum atomic E-state index is 12.7. The molecule has 0 aliphatic heterocycles. The van der Waals surface area contributed by atoms with Gasteiger partial charge >= 0.3 is 6.18 Å². The highest BCUT2D eigenvalue weighted by Gasteiger charge is 2.32. The van der Waals surface area contributed by atoms with E-state index in [0.717, 1.165) is 36.3 Å². The Labute approximate surface area is 134 Å². The highest BCUT2D eigenvalue weighted by Crippen LogP contribution is 2.39. The van der Waals surface area contributed by atoms with E-state index in [4.69, 9.17) is 11.6 Å². The van der Waals surface area contributed by atoms with Gasteiger partial charge in [0.15, 0.2) is 0 Å². The van der Waals surface area contributed by atoms with Crippen molar-refractivity contribution >= 4 is 38.9 Å². The highest BCUT2D eigenvalue weighted by molar-refractivity contribution is 7.21. The minimum absolute atomic E-state index is 0.0551. The van der Waals surface area contributed by atoms with Crippen molar-refractivity contribution in [2.45, 2.75) is 32.0 Å². The van der Waals surface area contributed by atoms with Crippen molar-refractivity contribution in [2.24, 2.45) is 5.92 Å². The first-order valence-electron chi connectivity index (χ1n) is 6.87. The van der Waals surface area contributed by atoms with E-state index < -0.39 is 11.7 Å². The van der Waals surface area contributed by atoms with Crippen molar-refractivity contribution in [3.63, 3.8) is 0 Å². The maximum absolute atomic E-state index is 12.7. The molecule has 1 N–H and O–H groups in total. The van der Waals surface area contributed by atoms with E-state index in [1.165, 1.54) is 6.07 Å². The Bertz CT molecular complexity index is 736. The zero-order chi connectivity index (χ0) is 16.1. The second-order valence-electron chi connectivity index (χ2n) is 5.55. The Morgan fingerprint density at radius 1 is 1.41 bits per heavy atom. The van der Waals surface area contributed by atoms with E-state index >= 15 is 0 Å². The molecule has 118 valence electrons. The number of fused-ring (bicyclic) bond motifs is 1. The minimum Gasteiger partial charge on any atom is -0.349 e. The molecule has 1 amide bonds. The van der Waals surface area contributed by atoms with Crippen LogP contribution < -0.4 is 5.32 Å². The van der Waals surface area contributed by atoms with Crippen LogP contribution in [-0.4, -0.2) is 11.9 Å². The summed E-state index contributed by atoms with van der Waals surface area (Å²) in [6.45, 7) is 1.93. The predicted molar refractivity (Wildman–Crippen MR) is 81.5 cm³/mol. The lowest BCUT2D eigenvalue weighted by Crippen LogP contribution is -2.33. The zero-order valence-electron chi connectivity index (χ0n) is 11.6. The molecule has 0 radical (unpaired) electrons. The Morgan fingerprint density at radius 3 is 2.68 bits per heavy atom. The molecule has 0 spiro atoms. The van der Waals surface area contributed by atoms with Crippen molar-refractivity contribution in [3.8, 4) is 0 Å². The first kappa shape index (κ1) is 15.6. The van der Waals surface area contributed by atoms with Crippen molar-refractivity contribution in [1.82, 2.24) is 5.32 Å². The van der Waals surface area contributed by atoms with Crippen LogP contribution in [0.1, 0.15) is 35.0 Å². The molecule has 1 heterocycles. The second-order valence-corrected chi connectivity index (χ2v) is 6.98. The van der Waals surface area contributed by atoms with Crippen LogP contribution in [0.5, 0.6) is 0 Å². The largest absolute Gasteiger partial charge is 0.416 e. The summed E-state index contributed by atoms with van der Waals surface area (Å²) in [5, 5.41) is 3.56. The first-order chi connectivity index (χ1) is 10.3. The molecule has 1 saturated carbocycles. The number of halogens is 4. The van der Waals surface area contributed by atoms with Gasteiger partial charge in [-0.1, -0.05) is 17.7 Å². The molecule has 1 aliphatic carbocycles. The fourth-order valence-electron chi connectivity index (χ4n) is 2.37. The van der Waals surface area contributed by atoms with Gasteiger partial charge < -0.3 is 5.32 Å². The molecule has 1 aromatic carbocycles. The molecule has 2 nitrogen and oxygen atoms in total. The van der Waals surface area contributed by atoms with E-state index in [9.17, 15) is 18.0 Å². The second kappa shape index (κ2) is 5.42. The summed E-state index contributed by atoms with van der Waals surface area (Å²) in [6, 6.07) is 3.39. The predicted octanol–water partition coefficient (Wildman–Crippen LogP) is 5.10. The normalized spacial score (nSPS) is 16.8. The Morgan fingerprint density at radius 2 is 2.09 bits per heavy atom. The molecule has 22 heavy (non-hydrogen) atoms. The Balaban J connectivity index is 1.93. The van der Waals surface area contributed by atoms with E-state index in [-0.39, 0.29) is 21.8 Å². The summed E-state index contributed by atoms with van der Waals surface area (Å²) in [4.78, 5) is 12.5. The van der Waals surface area contributed by atoms with Gasteiger partial charge in [-0.05, 0) is 37.8 Å². The van der Waals surface area contributed by atoms with E-state index in [1.807, 2.05) is 6.92 Å². The SMILES string of the molecule is C[C@H](NC(=O)c1sc2cc(C(F)(F)F)ccc2c1Cl)C1CC1. The fraction of sp³-hybridized carbons (Fsp3) is 0.400. The number of benzene rings is 1. The molecular formula is C15H13ClF3NOS. The summed E-state index contributed by atoms with van der Waals surface area (Å²) in [7, 11) is 0. The number of rotatable bonds is 3. The third kappa shape index (κ3) is 2.94. The number of amides is 1. The van der Waals surface area contributed by atoms with Gasteiger partial charge in [0, 0.05) is 16.1 Å². The van der Waals surface area contributed by atoms with Crippen LogP contribution in [0, 0.1) is 5.92 Å². The third-order valence-electron chi connectivity index (χ3n) is 3.85. The lowest BCUT2D eigenvalue weighted by molar-refractivity contribution is -0.137. The molecule has 1 atom stereocenters. The zero-order valence-corrected chi connectivity index (χ0v) is 13.2. The number of hydrogen-bond donors (Lipinski definition) is 1. The van der Waals surface area contributed by atoms with Crippen molar-refractivity contribution in [1.29, 1.82) is 0 Å². The summed E-state index contributed by atoms with van der Waals surface area (Å²) >= 11 is 7.16. The number of hydrogen-bond acceptors (Lipinski definition) is 2. The Kier molecular flexibility index (Phi) is 3.85. The van der Waals surface area contributed by atoms with Gasteiger partial charge in [-0.25, -0.2) is 0 Å². The first-order valence-corrected chi connectivity index (χ1v) is 8.07. The summed E-state index contributed by atoms with van der Waals surface area (Å²) in [5.74, 6) is 0.174. The number of thiophene rings is 1. The molecule has 1 aliphatic rings. The Hall–Kier alpha value is -1.27. The van der Waals surface area contributed by atoms with Gasteiger partial charge in [0.05, 0.1) is 10.6 Å². The van der Waals surface area contributed by atoms with Crippen LogP contribution in [0.3, 0.4) is 0 Å². The minimum atomic E-state index is -4.41. The fourth-order valence-corrected chi connectivity index (χ4v) is 3.83. The van der Waals surface area contributed by atoms with Crippen LogP contribution in [-0.2, 0) is 6.18 Å². The molecule has 7 heteroatoms. The van der Waals surface area contributed by atoms with Crippen molar-refractivity contribution in [2.75, 3.05) is 0 Å². The molecular weight excluding hydrogens is 335 g/mol. The van der Waals surface area contributed by atoms with Crippen molar-refractivity contribution < 1.29 is 18.0 Å². The van der Waals surface area contributed by atoms with E-state index in [2.05, 4.69) is 5.32 Å². The lowest BCUT2D eigenvalue weighted by Gasteiger charge is -2.11. The average Bonchev–Trinajstić information content (AvgIpc) is 3.23. The quantitative estimate of drug-likeness (QED) is 0.822. The third-order valence-corrected chi connectivity index (χ3v) is 5.51. The van der Waals surface area contributed by atoms with Gasteiger partial charge in [-0.3, -0.25) is 4.79 Å². The maximum Gasteiger partial charge on any atom is 0.416 e. The van der Waals surface area contributed by atoms with Crippen LogP contribution >= 0.6 is 22.9 Å². The molecule has 1 aromatic heterocycles. The molecule has 0 saturated heterocycles. The van der Waals surface area contributed by atoms with Crippen LogP contribution in [0.15, 0.2) is 18.2 Å². The van der Waals surface area contributed by atoms with Gasteiger partial charge in [-0.15, -0.1) is 11.3 Å². The topological polar surface area (TPSA) is 29.1 Å². The molecule has 3 rings (SSSR count). The smallest absolute Gasteiger partial charge is 0.349 e. The van der Waals surface area contributed by atoms with Crippen molar-refractivity contribution in [3.05, 3.63) is 33.7 Å².